The van der Waals surface area contributed by atoms with Crippen molar-refractivity contribution in [3.8, 4) is 22.3 Å². The number of hydrogen-bond donors (Lipinski definition) is 0. The minimum atomic E-state index is -0.454. The predicted octanol–water partition coefficient (Wildman–Crippen LogP) is 10.3. The van der Waals surface area contributed by atoms with E-state index < -0.39 is 18.3 Å². The van der Waals surface area contributed by atoms with Gasteiger partial charge in [0.25, 0.3) is 0 Å². The van der Waals surface area contributed by atoms with Crippen LogP contribution in [0.2, 0.25) is 0 Å². The van der Waals surface area contributed by atoms with Gasteiger partial charge < -0.3 is 18.1 Å². The van der Waals surface area contributed by atoms with Gasteiger partial charge in [0.05, 0.1) is 11.2 Å². The third-order valence-corrected chi connectivity index (χ3v) is 9.88. The second-order valence-electron chi connectivity index (χ2n) is 13.2. The first kappa shape index (κ1) is 26.6. The van der Waals surface area contributed by atoms with Gasteiger partial charge in [-0.2, -0.15) is 0 Å². The highest BCUT2D eigenvalue weighted by molar-refractivity contribution is 6.62. The van der Waals surface area contributed by atoms with E-state index in [2.05, 4.69) is 119 Å². The molecular weight excluding hydrogens is 555 g/mol. The van der Waals surface area contributed by atoms with E-state index in [1.165, 1.54) is 5.39 Å². The molecule has 9 rings (SSSR count). The Kier molecular flexibility index (Phi) is 5.51. The van der Waals surface area contributed by atoms with Crippen molar-refractivity contribution in [1.29, 1.82) is 0 Å². The van der Waals surface area contributed by atoms with Crippen molar-refractivity contribution in [3.63, 3.8) is 0 Å². The Balaban J connectivity index is 1.35. The van der Waals surface area contributed by atoms with Crippen molar-refractivity contribution in [2.45, 2.75) is 38.9 Å². The second kappa shape index (κ2) is 9.34. The third-order valence-electron chi connectivity index (χ3n) is 9.88. The maximum absolute atomic E-state index is 6.58. The molecule has 1 aliphatic heterocycles. The Morgan fingerprint density at radius 1 is 0.489 bits per heavy atom. The van der Waals surface area contributed by atoms with E-state index >= 15 is 0 Å². The molecule has 4 nitrogen and oxygen atoms in total. The molecule has 218 valence electrons. The van der Waals surface area contributed by atoms with Gasteiger partial charge in [-0.25, -0.2) is 0 Å². The van der Waals surface area contributed by atoms with Crippen molar-refractivity contribution < 1.29 is 18.1 Å². The molecule has 45 heavy (non-hydrogen) atoms. The summed E-state index contributed by atoms with van der Waals surface area (Å²) in [6.07, 6.45) is 0. The lowest BCUT2D eigenvalue weighted by molar-refractivity contribution is 0.00578. The number of hydrogen-bond acceptors (Lipinski definition) is 4. The summed E-state index contributed by atoms with van der Waals surface area (Å²) < 4.78 is 25.9. The molecule has 8 aromatic rings. The van der Waals surface area contributed by atoms with Crippen molar-refractivity contribution in [2.75, 3.05) is 0 Å². The zero-order chi connectivity index (χ0) is 30.5. The maximum Gasteiger partial charge on any atom is 0.494 e. The maximum atomic E-state index is 6.58. The van der Waals surface area contributed by atoms with Gasteiger partial charge in [-0.1, -0.05) is 84.9 Å². The van der Waals surface area contributed by atoms with Crippen molar-refractivity contribution in [3.05, 3.63) is 115 Å². The Morgan fingerprint density at radius 3 is 1.80 bits per heavy atom. The SMILES string of the molecule is CC1(C)OB(c2cccc(-c3cc(-c4c5ccccc5cc5oc6ccccc6c45)cc4oc5ccccc5c34)c2)OC1(C)C. The van der Waals surface area contributed by atoms with Gasteiger partial charge >= 0.3 is 7.12 Å². The summed E-state index contributed by atoms with van der Waals surface area (Å²) in [7, 11) is -0.454. The molecule has 0 saturated carbocycles. The van der Waals surface area contributed by atoms with Crippen LogP contribution in [0.15, 0.2) is 124 Å². The molecule has 0 atom stereocenters. The highest BCUT2D eigenvalue weighted by Gasteiger charge is 2.51. The van der Waals surface area contributed by atoms with Gasteiger partial charge in [0.2, 0.25) is 0 Å². The highest BCUT2D eigenvalue weighted by atomic mass is 16.7. The lowest BCUT2D eigenvalue weighted by Gasteiger charge is -2.32. The Labute approximate surface area is 261 Å². The Morgan fingerprint density at radius 2 is 1.09 bits per heavy atom. The predicted molar refractivity (Wildman–Crippen MR) is 185 cm³/mol. The van der Waals surface area contributed by atoms with Gasteiger partial charge in [0.1, 0.15) is 22.3 Å². The Bertz CT molecular complexity index is 2450. The van der Waals surface area contributed by atoms with E-state index in [4.69, 9.17) is 18.1 Å². The normalized spacial score (nSPS) is 16.1. The van der Waals surface area contributed by atoms with Crippen molar-refractivity contribution in [2.24, 2.45) is 0 Å². The van der Waals surface area contributed by atoms with Crippen molar-refractivity contribution in [1.82, 2.24) is 0 Å². The quantitative estimate of drug-likeness (QED) is 0.193. The standard InChI is InChI=1S/C40H31BO4/c1-39(2)40(3,4)45-41(44-39)27-14-11-13-24(20-27)31-21-26(23-34-37(31)29-16-7-9-18-32(29)42-34)36-28-15-6-5-12-25(28)22-35-38(36)30-17-8-10-19-33(30)43-35/h5-23H,1-4H3. The molecule has 0 unspecified atom stereocenters. The van der Waals surface area contributed by atoms with E-state index in [0.29, 0.717) is 0 Å². The molecule has 1 fully saturated rings. The molecule has 0 amide bonds. The van der Waals surface area contributed by atoms with Gasteiger partial charge in [0, 0.05) is 27.1 Å². The number of fused-ring (bicyclic) bond motifs is 7. The Hall–Kier alpha value is -4.84. The van der Waals surface area contributed by atoms with Crippen LogP contribution in [-0.2, 0) is 9.31 Å². The molecule has 0 radical (unpaired) electrons. The summed E-state index contributed by atoms with van der Waals surface area (Å²) in [5.74, 6) is 0. The topological polar surface area (TPSA) is 44.7 Å². The van der Waals surface area contributed by atoms with Crippen molar-refractivity contribution >= 4 is 67.2 Å². The molecule has 3 heterocycles. The summed E-state index contributed by atoms with van der Waals surface area (Å²) in [5.41, 5.74) is 8.00. The third kappa shape index (κ3) is 3.94. The molecule has 0 bridgehead atoms. The van der Waals surface area contributed by atoms with Crippen LogP contribution in [0.25, 0.3) is 76.9 Å². The average molecular weight is 586 g/mol. The molecular formula is C40H31BO4. The van der Waals surface area contributed by atoms with Crippen LogP contribution in [0.3, 0.4) is 0 Å². The molecule has 1 aliphatic rings. The van der Waals surface area contributed by atoms with E-state index in [0.717, 1.165) is 77.0 Å². The summed E-state index contributed by atoms with van der Waals surface area (Å²) in [6.45, 7) is 8.36. The average Bonchev–Trinajstić information content (AvgIpc) is 3.67. The van der Waals surface area contributed by atoms with E-state index in [1.807, 2.05) is 24.3 Å². The fourth-order valence-corrected chi connectivity index (χ4v) is 6.91. The summed E-state index contributed by atoms with van der Waals surface area (Å²) in [6, 6.07) is 40.3. The van der Waals surface area contributed by atoms with Gasteiger partial charge in [-0.05, 0) is 91.0 Å². The van der Waals surface area contributed by atoms with Crippen LogP contribution in [0.4, 0.5) is 0 Å². The van der Waals surface area contributed by atoms with Crippen LogP contribution in [0.1, 0.15) is 27.7 Å². The van der Waals surface area contributed by atoms with Gasteiger partial charge in [-0.3, -0.25) is 0 Å². The molecule has 6 aromatic carbocycles. The first-order valence-corrected chi connectivity index (χ1v) is 15.5. The first-order valence-electron chi connectivity index (χ1n) is 15.5. The molecule has 5 heteroatoms. The number of rotatable bonds is 3. The lowest BCUT2D eigenvalue weighted by atomic mass is 9.77. The minimum absolute atomic E-state index is 0.422. The smallest absolute Gasteiger partial charge is 0.456 e. The van der Waals surface area contributed by atoms with Gasteiger partial charge in [-0.15, -0.1) is 0 Å². The minimum Gasteiger partial charge on any atom is -0.456 e. The summed E-state index contributed by atoms with van der Waals surface area (Å²) in [5, 5.41) is 6.69. The molecule has 0 aliphatic carbocycles. The number of furan rings is 2. The fraction of sp³-hybridized carbons (Fsp3) is 0.150. The first-order chi connectivity index (χ1) is 21.8. The summed E-state index contributed by atoms with van der Waals surface area (Å²) in [4.78, 5) is 0. The van der Waals surface area contributed by atoms with Crippen LogP contribution < -0.4 is 5.46 Å². The van der Waals surface area contributed by atoms with Gasteiger partial charge in [0.15, 0.2) is 0 Å². The van der Waals surface area contributed by atoms with Crippen LogP contribution in [0, 0.1) is 0 Å². The molecule has 0 N–H and O–H groups in total. The largest absolute Gasteiger partial charge is 0.494 e. The zero-order valence-corrected chi connectivity index (χ0v) is 25.7. The summed E-state index contributed by atoms with van der Waals surface area (Å²) >= 11 is 0. The van der Waals surface area contributed by atoms with Crippen LogP contribution in [-0.4, -0.2) is 18.3 Å². The van der Waals surface area contributed by atoms with Crippen LogP contribution >= 0.6 is 0 Å². The van der Waals surface area contributed by atoms with E-state index in [1.54, 1.807) is 0 Å². The van der Waals surface area contributed by atoms with E-state index in [9.17, 15) is 0 Å². The molecule has 2 aromatic heterocycles. The van der Waals surface area contributed by atoms with Crippen LogP contribution in [0.5, 0.6) is 0 Å². The molecule has 1 saturated heterocycles. The molecule has 0 spiro atoms. The lowest BCUT2D eigenvalue weighted by Crippen LogP contribution is -2.41. The highest BCUT2D eigenvalue weighted by Crippen LogP contribution is 2.46. The van der Waals surface area contributed by atoms with E-state index in [-0.39, 0.29) is 0 Å². The second-order valence-corrected chi connectivity index (χ2v) is 13.2. The monoisotopic (exact) mass is 586 g/mol. The number of para-hydroxylation sites is 2. The fourth-order valence-electron chi connectivity index (χ4n) is 6.91. The number of benzene rings is 6. The zero-order valence-electron chi connectivity index (χ0n) is 25.7.